The van der Waals surface area contributed by atoms with E-state index >= 15 is 0 Å². The fourth-order valence-electron chi connectivity index (χ4n) is 2.05. The summed E-state index contributed by atoms with van der Waals surface area (Å²) >= 11 is 5.83. The Morgan fingerprint density at radius 2 is 2.00 bits per heavy atom. The molecule has 6 nitrogen and oxygen atoms in total. The van der Waals surface area contributed by atoms with Crippen LogP contribution in [0.15, 0.2) is 52.5 Å². The summed E-state index contributed by atoms with van der Waals surface area (Å²) in [5.74, 6) is 0.200. The number of benzene rings is 2. The topological polar surface area (TPSA) is 105 Å². The zero-order valence-corrected chi connectivity index (χ0v) is 16.1. The maximum Gasteiger partial charge on any atom is 0.248 e. The predicted molar refractivity (Wildman–Crippen MR) is 109 cm³/mol. The number of nitrogen functional groups attached to an aromatic ring is 1. The van der Waals surface area contributed by atoms with Crippen molar-refractivity contribution >= 4 is 44.8 Å². The van der Waals surface area contributed by atoms with E-state index in [0.717, 1.165) is 4.90 Å². The summed E-state index contributed by atoms with van der Waals surface area (Å²) in [7, 11) is 3.18. The van der Waals surface area contributed by atoms with Crippen LogP contribution in [0.4, 0.5) is 5.69 Å². The van der Waals surface area contributed by atoms with E-state index in [9.17, 15) is 14.8 Å². The van der Waals surface area contributed by atoms with Crippen LogP contribution in [-0.2, 0) is 11.2 Å². The lowest BCUT2D eigenvalue weighted by Gasteiger charge is -2.11. The van der Waals surface area contributed by atoms with Gasteiger partial charge in [0.2, 0.25) is 5.91 Å². The first-order chi connectivity index (χ1) is 12.5. The van der Waals surface area contributed by atoms with E-state index in [4.69, 9.17) is 17.3 Å². The van der Waals surface area contributed by atoms with Crippen LogP contribution in [0.1, 0.15) is 5.56 Å². The molecule has 0 aliphatic carbocycles. The van der Waals surface area contributed by atoms with E-state index in [-0.39, 0.29) is 17.2 Å². The minimum absolute atomic E-state index is 0.0499. The van der Waals surface area contributed by atoms with Crippen LogP contribution in [0.2, 0.25) is 5.02 Å². The van der Waals surface area contributed by atoms with Gasteiger partial charge in [0.05, 0.1) is 5.02 Å². The van der Waals surface area contributed by atoms with Crippen LogP contribution in [0.25, 0.3) is 0 Å². The average Bonchev–Trinajstić information content (AvgIpc) is 2.63. The van der Waals surface area contributed by atoms with Crippen molar-refractivity contribution in [2.24, 2.45) is 5.18 Å². The smallest absolute Gasteiger partial charge is 0.248 e. The Balaban J connectivity index is 1.73. The number of halogens is 1. The molecule has 0 heterocycles. The zero-order chi connectivity index (χ0) is 18.9. The summed E-state index contributed by atoms with van der Waals surface area (Å²) in [6.45, 7) is 0.424. The fraction of sp³-hybridized carbons (Fsp3) is 0.235. The molecule has 0 spiro atoms. The van der Waals surface area contributed by atoms with Crippen LogP contribution >= 0.6 is 33.2 Å². The second-order valence-corrected chi connectivity index (χ2v) is 8.27. The molecule has 9 heteroatoms. The van der Waals surface area contributed by atoms with Gasteiger partial charge in [0.15, 0.2) is 6.04 Å². The van der Waals surface area contributed by atoms with E-state index in [1.165, 1.54) is 12.1 Å². The molecule has 1 atom stereocenters. The molecule has 0 saturated heterocycles. The highest BCUT2D eigenvalue weighted by molar-refractivity contribution is 8.76. The number of carbonyl (C=O) groups excluding carboxylic acids is 1. The van der Waals surface area contributed by atoms with Crippen molar-refractivity contribution in [3.05, 3.63) is 58.0 Å². The van der Waals surface area contributed by atoms with Crippen molar-refractivity contribution < 1.29 is 9.90 Å². The third-order valence-electron chi connectivity index (χ3n) is 3.39. The molecule has 1 amide bonds. The van der Waals surface area contributed by atoms with Gasteiger partial charge in [-0.05, 0) is 42.0 Å². The molecule has 1 unspecified atom stereocenters. The maximum atomic E-state index is 12.1. The number of nitrogens with one attached hydrogen (secondary N) is 1. The second kappa shape index (κ2) is 10.3. The number of nitrogens with two attached hydrogens (primary N) is 1. The third-order valence-corrected chi connectivity index (χ3v) is 6.08. The normalized spacial score (nSPS) is 11.7. The molecule has 0 aliphatic rings. The summed E-state index contributed by atoms with van der Waals surface area (Å²) in [6.07, 6.45) is 0.128. The summed E-state index contributed by atoms with van der Waals surface area (Å²) in [4.78, 5) is 24.2. The van der Waals surface area contributed by atoms with Gasteiger partial charge in [0, 0.05) is 29.3 Å². The van der Waals surface area contributed by atoms with Gasteiger partial charge in [0.25, 0.3) is 0 Å². The first kappa shape index (κ1) is 20.4. The van der Waals surface area contributed by atoms with Crippen LogP contribution < -0.4 is 11.1 Å². The van der Waals surface area contributed by atoms with Crippen LogP contribution in [0.3, 0.4) is 0 Å². The SMILES string of the molecule is Nc1ccc(SSCCNC(=O)C(Cc2ccc(O)c(Cl)c2)N=O)cc1. The third kappa shape index (κ3) is 6.44. The maximum absolute atomic E-state index is 12.1. The molecule has 138 valence electrons. The van der Waals surface area contributed by atoms with Gasteiger partial charge in [-0.1, -0.05) is 44.4 Å². The number of carbonyl (C=O) groups is 1. The average molecular weight is 412 g/mol. The van der Waals surface area contributed by atoms with Crippen molar-refractivity contribution in [3.8, 4) is 5.75 Å². The number of rotatable bonds is 9. The molecule has 0 radical (unpaired) electrons. The Kier molecular flexibility index (Phi) is 8.08. The number of hydrogen-bond acceptors (Lipinski definition) is 7. The first-order valence-corrected chi connectivity index (χ1v) is 10.4. The Morgan fingerprint density at radius 1 is 1.27 bits per heavy atom. The minimum atomic E-state index is -1.04. The Labute approximate surface area is 164 Å². The van der Waals surface area contributed by atoms with Gasteiger partial charge in [-0.25, -0.2) is 0 Å². The second-order valence-electron chi connectivity index (χ2n) is 5.38. The molecule has 0 aromatic heterocycles. The largest absolute Gasteiger partial charge is 0.506 e. The van der Waals surface area contributed by atoms with Crippen LogP contribution in [-0.4, -0.2) is 29.4 Å². The number of nitroso groups, excluding NO2 is 1. The highest BCUT2D eigenvalue weighted by Crippen LogP contribution is 2.30. The predicted octanol–water partition coefficient (Wildman–Crippen LogP) is 3.86. The lowest BCUT2D eigenvalue weighted by atomic mass is 10.1. The summed E-state index contributed by atoms with van der Waals surface area (Å²) in [5, 5.41) is 15.2. The van der Waals surface area contributed by atoms with Gasteiger partial charge >= 0.3 is 0 Å². The fourth-order valence-corrected chi connectivity index (χ4v) is 4.14. The minimum Gasteiger partial charge on any atom is -0.506 e. The molecule has 2 aromatic carbocycles. The van der Waals surface area contributed by atoms with E-state index in [1.807, 2.05) is 24.3 Å². The van der Waals surface area contributed by atoms with Gasteiger partial charge < -0.3 is 16.2 Å². The van der Waals surface area contributed by atoms with E-state index < -0.39 is 11.9 Å². The molecule has 2 aromatic rings. The highest BCUT2D eigenvalue weighted by Gasteiger charge is 2.19. The van der Waals surface area contributed by atoms with Gasteiger partial charge in [-0.3, -0.25) is 4.79 Å². The summed E-state index contributed by atoms with van der Waals surface area (Å²) in [6, 6.07) is 11.0. The van der Waals surface area contributed by atoms with Gasteiger partial charge in [-0.2, -0.15) is 0 Å². The highest BCUT2D eigenvalue weighted by atomic mass is 35.5. The molecule has 0 bridgehead atoms. The van der Waals surface area contributed by atoms with Gasteiger partial charge in [-0.15, -0.1) is 4.91 Å². The number of amides is 1. The van der Waals surface area contributed by atoms with Crippen molar-refractivity contribution in [1.29, 1.82) is 0 Å². The first-order valence-electron chi connectivity index (χ1n) is 7.72. The lowest BCUT2D eigenvalue weighted by molar-refractivity contribution is -0.122. The van der Waals surface area contributed by atoms with Crippen molar-refractivity contribution in [3.63, 3.8) is 0 Å². The molecular weight excluding hydrogens is 394 g/mol. The zero-order valence-electron chi connectivity index (χ0n) is 13.7. The number of phenolic OH excluding ortho intramolecular Hbond substituents is 1. The van der Waals surface area contributed by atoms with E-state index in [2.05, 4.69) is 10.5 Å². The molecule has 0 fully saturated rings. The van der Waals surface area contributed by atoms with Gasteiger partial charge in [0.1, 0.15) is 5.75 Å². The van der Waals surface area contributed by atoms with Crippen molar-refractivity contribution in [2.45, 2.75) is 17.4 Å². The molecule has 2 rings (SSSR count). The molecule has 0 saturated carbocycles. The van der Waals surface area contributed by atoms with E-state index in [1.54, 1.807) is 27.7 Å². The number of hydrogen-bond donors (Lipinski definition) is 3. The van der Waals surface area contributed by atoms with Crippen molar-refractivity contribution in [1.82, 2.24) is 5.32 Å². The number of nitrogens with zero attached hydrogens (tertiary/aromatic N) is 1. The molecule has 0 aliphatic heterocycles. The van der Waals surface area contributed by atoms with E-state index in [0.29, 0.717) is 23.5 Å². The Morgan fingerprint density at radius 3 is 2.65 bits per heavy atom. The molecule has 26 heavy (non-hydrogen) atoms. The Hall–Kier alpha value is -1.90. The molecular formula is C17H18ClN3O3S2. The van der Waals surface area contributed by atoms with Crippen LogP contribution in [0.5, 0.6) is 5.75 Å². The van der Waals surface area contributed by atoms with Crippen LogP contribution in [0, 0.1) is 4.91 Å². The lowest BCUT2D eigenvalue weighted by Crippen LogP contribution is -2.35. The Bertz CT molecular complexity index is 759. The number of phenols is 1. The summed E-state index contributed by atoms with van der Waals surface area (Å²) < 4.78 is 0. The molecule has 4 N–H and O–H groups in total. The standard InChI is InChI=1S/C17H18ClN3O3S2/c18-14-9-11(1-6-16(14)22)10-15(21-24)17(23)20-7-8-25-26-13-4-2-12(19)3-5-13/h1-6,9,15,22H,7-8,10,19H2,(H,20,23). The number of anilines is 1. The monoisotopic (exact) mass is 411 g/mol. The van der Waals surface area contributed by atoms with Crippen molar-refractivity contribution in [2.75, 3.05) is 18.0 Å². The quantitative estimate of drug-likeness (QED) is 0.250. The number of aromatic hydroxyl groups is 1. The summed E-state index contributed by atoms with van der Waals surface area (Å²) in [5.41, 5.74) is 7.00.